The van der Waals surface area contributed by atoms with E-state index in [1.54, 1.807) is 0 Å². The number of hydrogen-bond acceptors (Lipinski definition) is 3. The number of nitrogens with two attached hydrogens (primary N) is 1. The number of nitrogens with zero attached hydrogens (tertiary/aromatic N) is 3. The van der Waals surface area contributed by atoms with Gasteiger partial charge in [0.15, 0.2) is 0 Å². The summed E-state index contributed by atoms with van der Waals surface area (Å²) < 4.78 is 41.4. The number of alkyl halides is 3. The van der Waals surface area contributed by atoms with Crippen molar-refractivity contribution in [2.75, 3.05) is 5.73 Å². The summed E-state index contributed by atoms with van der Waals surface area (Å²) in [4.78, 5) is 3.74. The molecule has 0 amide bonds. The van der Waals surface area contributed by atoms with Crippen LogP contribution >= 0.6 is 0 Å². The highest BCUT2D eigenvalue weighted by Crippen LogP contribution is 2.91. The Labute approximate surface area is 143 Å². The molecule has 0 spiro atoms. The first kappa shape index (κ1) is 15.2. The lowest BCUT2D eigenvalue weighted by Crippen LogP contribution is -2.14. The van der Waals surface area contributed by atoms with Gasteiger partial charge in [0.05, 0.1) is 11.3 Å². The lowest BCUT2D eigenvalue weighted by atomic mass is 10.0. The van der Waals surface area contributed by atoms with Crippen LogP contribution in [0.3, 0.4) is 0 Å². The molecule has 132 valence electrons. The van der Waals surface area contributed by atoms with Crippen molar-refractivity contribution in [1.29, 1.82) is 0 Å². The van der Waals surface area contributed by atoms with E-state index in [-0.39, 0.29) is 11.5 Å². The van der Waals surface area contributed by atoms with Gasteiger partial charge in [-0.15, -0.1) is 0 Å². The monoisotopic (exact) mass is 348 g/mol. The molecule has 4 atom stereocenters. The van der Waals surface area contributed by atoms with Crippen molar-refractivity contribution in [3.8, 4) is 11.3 Å². The van der Waals surface area contributed by atoms with Gasteiger partial charge in [0.1, 0.15) is 5.82 Å². The second-order valence-corrected chi connectivity index (χ2v) is 7.86. The number of aromatic nitrogens is 3. The molecule has 25 heavy (non-hydrogen) atoms. The molecule has 2 aromatic heterocycles. The summed E-state index contributed by atoms with van der Waals surface area (Å²) in [5.74, 6) is 1.80. The summed E-state index contributed by atoms with van der Waals surface area (Å²) in [7, 11) is 0. The van der Waals surface area contributed by atoms with E-state index in [4.69, 9.17) is 5.73 Å². The number of pyridine rings is 1. The van der Waals surface area contributed by atoms with Crippen LogP contribution in [0.15, 0.2) is 18.3 Å². The highest BCUT2D eigenvalue weighted by Gasteiger charge is 2.90. The van der Waals surface area contributed by atoms with Gasteiger partial charge in [-0.25, -0.2) is 4.98 Å². The molecule has 2 heterocycles. The molecular formula is C18H19F3N4. The molecule has 4 fully saturated rings. The Morgan fingerprint density at radius 1 is 1.24 bits per heavy atom. The third-order valence-corrected chi connectivity index (χ3v) is 6.40. The Morgan fingerprint density at radius 2 is 1.92 bits per heavy atom. The topological polar surface area (TPSA) is 56.7 Å². The van der Waals surface area contributed by atoms with Crippen LogP contribution < -0.4 is 5.73 Å². The van der Waals surface area contributed by atoms with Crippen LogP contribution in [0, 0.1) is 17.8 Å². The van der Waals surface area contributed by atoms with Crippen LogP contribution in [0.5, 0.6) is 0 Å². The first-order valence-electron chi connectivity index (χ1n) is 8.69. The number of fused-ring (bicyclic) bond motifs is 1. The summed E-state index contributed by atoms with van der Waals surface area (Å²) >= 11 is 0. The fourth-order valence-electron chi connectivity index (χ4n) is 5.30. The molecular weight excluding hydrogens is 329 g/mol. The van der Waals surface area contributed by atoms with Crippen LogP contribution in [-0.4, -0.2) is 14.8 Å². The maximum absolute atomic E-state index is 13.1. The van der Waals surface area contributed by atoms with Crippen molar-refractivity contribution in [2.45, 2.75) is 44.3 Å². The molecule has 7 heteroatoms. The maximum atomic E-state index is 13.1. The predicted octanol–water partition coefficient (Wildman–Crippen LogP) is 4.03. The molecule has 1 unspecified atom stereocenters. The molecule has 4 saturated carbocycles. The van der Waals surface area contributed by atoms with E-state index in [1.807, 2.05) is 10.7 Å². The van der Waals surface area contributed by atoms with Crippen molar-refractivity contribution in [3.63, 3.8) is 0 Å². The van der Waals surface area contributed by atoms with Gasteiger partial charge in [-0.05, 0) is 56.6 Å². The average molecular weight is 348 g/mol. The van der Waals surface area contributed by atoms with Gasteiger partial charge in [0, 0.05) is 28.9 Å². The molecule has 2 aromatic rings. The summed E-state index contributed by atoms with van der Waals surface area (Å²) in [6.45, 7) is 4.11. The van der Waals surface area contributed by atoms with Crippen molar-refractivity contribution in [2.24, 2.45) is 17.8 Å². The fourth-order valence-corrected chi connectivity index (χ4v) is 5.30. The van der Waals surface area contributed by atoms with Crippen LogP contribution in [0.1, 0.15) is 44.0 Å². The van der Waals surface area contributed by atoms with E-state index >= 15 is 0 Å². The minimum absolute atomic E-state index is 0.170. The minimum Gasteiger partial charge on any atom is -0.383 e. The quantitative estimate of drug-likeness (QED) is 0.911. The highest BCUT2D eigenvalue weighted by molar-refractivity contribution is 5.65. The number of hydrogen-bond donors (Lipinski definition) is 1. The summed E-state index contributed by atoms with van der Waals surface area (Å²) in [6.07, 6.45) is -0.595. The third-order valence-electron chi connectivity index (χ3n) is 6.40. The van der Waals surface area contributed by atoms with Gasteiger partial charge >= 0.3 is 6.18 Å². The van der Waals surface area contributed by atoms with Crippen molar-refractivity contribution in [3.05, 3.63) is 29.6 Å². The Balaban J connectivity index is 1.60. The van der Waals surface area contributed by atoms with E-state index < -0.39 is 17.6 Å². The Morgan fingerprint density at radius 3 is 2.48 bits per heavy atom. The van der Waals surface area contributed by atoms with Gasteiger partial charge in [0.2, 0.25) is 0 Å². The minimum atomic E-state index is -4.52. The fraction of sp³-hybridized carbons (Fsp3) is 0.556. The second kappa shape index (κ2) is 4.37. The zero-order chi connectivity index (χ0) is 17.7. The van der Waals surface area contributed by atoms with E-state index in [9.17, 15) is 13.2 Å². The first-order valence-corrected chi connectivity index (χ1v) is 8.69. The van der Waals surface area contributed by atoms with Crippen molar-refractivity contribution >= 4 is 5.82 Å². The van der Waals surface area contributed by atoms with E-state index in [1.165, 1.54) is 24.7 Å². The average Bonchev–Trinajstić information content (AvgIpc) is 3.09. The van der Waals surface area contributed by atoms with E-state index in [0.717, 1.165) is 23.8 Å². The predicted molar refractivity (Wildman–Crippen MR) is 86.6 cm³/mol. The smallest absolute Gasteiger partial charge is 0.383 e. The molecule has 0 saturated heterocycles. The zero-order valence-electron chi connectivity index (χ0n) is 14.0. The standard InChI is InChI=1S/C18H19F3N4/c1-8(2)25-14(17-10-3-4-11(17)15(10)17)6-13(24-25)9-5-12(18(19,20)21)16(22)23-7-9/h5-8,10-11,15H,3-4H2,1-2H3,(H2,22,23)/t10-,11?,15-,17+/m1/s1. The molecule has 0 radical (unpaired) electrons. The molecule has 4 aliphatic rings. The Kier molecular flexibility index (Phi) is 2.66. The summed E-state index contributed by atoms with van der Waals surface area (Å²) in [5.41, 5.74) is 6.88. The molecule has 6 rings (SSSR count). The van der Waals surface area contributed by atoms with Crippen LogP contribution in [0.25, 0.3) is 11.3 Å². The molecule has 0 aromatic carbocycles. The molecule has 4 aliphatic carbocycles. The van der Waals surface area contributed by atoms with Gasteiger partial charge in [-0.2, -0.15) is 18.3 Å². The lowest BCUT2D eigenvalue weighted by molar-refractivity contribution is -0.137. The van der Waals surface area contributed by atoms with Gasteiger partial charge in [0.25, 0.3) is 0 Å². The first-order chi connectivity index (χ1) is 11.8. The van der Waals surface area contributed by atoms with Crippen molar-refractivity contribution in [1.82, 2.24) is 14.8 Å². The van der Waals surface area contributed by atoms with Crippen molar-refractivity contribution < 1.29 is 13.2 Å². The summed E-state index contributed by atoms with van der Waals surface area (Å²) in [5, 5.41) is 4.63. The largest absolute Gasteiger partial charge is 0.419 e. The van der Waals surface area contributed by atoms with Crippen LogP contribution in [-0.2, 0) is 11.6 Å². The second-order valence-electron chi connectivity index (χ2n) is 7.86. The Bertz CT molecular complexity index is 861. The van der Waals surface area contributed by atoms with Gasteiger partial charge < -0.3 is 5.73 Å². The number of nitrogen functional groups attached to an aromatic ring is 1. The van der Waals surface area contributed by atoms with Crippen LogP contribution in [0.2, 0.25) is 0 Å². The number of anilines is 1. The highest BCUT2D eigenvalue weighted by atomic mass is 19.4. The van der Waals surface area contributed by atoms with Crippen LogP contribution in [0.4, 0.5) is 19.0 Å². The zero-order valence-corrected chi connectivity index (χ0v) is 14.0. The van der Waals surface area contributed by atoms with E-state index in [2.05, 4.69) is 23.9 Å². The third kappa shape index (κ3) is 1.79. The summed E-state index contributed by atoms with van der Waals surface area (Å²) in [6, 6.07) is 3.21. The Hall–Kier alpha value is -2.05. The molecule has 4 nitrogen and oxygen atoms in total. The lowest BCUT2D eigenvalue weighted by Gasteiger charge is -2.14. The van der Waals surface area contributed by atoms with Gasteiger partial charge in [-0.1, -0.05) is 0 Å². The molecule has 0 aliphatic heterocycles. The van der Waals surface area contributed by atoms with E-state index in [0.29, 0.717) is 11.3 Å². The normalized spacial score (nSPS) is 32.2. The number of halogens is 3. The maximum Gasteiger partial charge on any atom is 0.419 e. The number of rotatable bonds is 3. The SMILES string of the molecule is CC(C)n1nc(-c2cnc(N)c(C(F)(F)F)c2)cc1[C@@]12C3CC[C@@H]1[C@H]32. The molecule has 2 bridgehead atoms. The van der Waals surface area contributed by atoms with Gasteiger partial charge in [-0.3, -0.25) is 4.68 Å². The molecule has 2 N–H and O–H groups in total.